The molecule has 1 aromatic heterocycles. The fraction of sp³-hybridized carbons (Fsp3) is 0.179. The summed E-state index contributed by atoms with van der Waals surface area (Å²) in [5.41, 5.74) is 4.63. The molecule has 2 N–H and O–H groups in total. The summed E-state index contributed by atoms with van der Waals surface area (Å²) >= 11 is 0. The molecule has 4 aromatic rings. The van der Waals surface area contributed by atoms with E-state index in [0.29, 0.717) is 11.3 Å². The smallest absolute Gasteiger partial charge is 0.255 e. The van der Waals surface area contributed by atoms with E-state index in [1.54, 1.807) is 10.9 Å². The molecule has 5 rings (SSSR count). The van der Waals surface area contributed by atoms with Crippen molar-refractivity contribution in [1.29, 1.82) is 0 Å². The largest absolute Gasteiger partial charge is 0.345 e. The van der Waals surface area contributed by atoms with E-state index in [1.165, 1.54) is 0 Å². The minimum atomic E-state index is -0.218. The number of carbonyl (C=O) groups excluding carboxylic acids is 2. The molecule has 1 unspecified atom stereocenters. The third kappa shape index (κ3) is 4.76. The van der Waals surface area contributed by atoms with Gasteiger partial charge in [-0.25, -0.2) is 4.68 Å². The molecular formula is C28H26N4O2. The summed E-state index contributed by atoms with van der Waals surface area (Å²) in [4.78, 5) is 25.3. The average molecular weight is 451 g/mol. The number of nitrogens with one attached hydrogen (secondary N) is 2. The standard InChI is InChI=1S/C28H26N4O2/c1-19(20-14-16-23(17-15-20)30-27(33)22-12-13-22)29-28(34)25-18-32(24-10-6-3-7-11-24)31-26(25)21-8-4-2-5-9-21/h2-11,14-19,22H,12-13H2,1H3,(H,29,34)(H,30,33). The fourth-order valence-electron chi connectivity index (χ4n) is 3.87. The van der Waals surface area contributed by atoms with Gasteiger partial charge in [-0.05, 0) is 49.6 Å². The third-order valence-corrected chi connectivity index (χ3v) is 6.00. The minimum absolute atomic E-state index is 0.0815. The lowest BCUT2D eigenvalue weighted by atomic mass is 10.1. The van der Waals surface area contributed by atoms with Crippen molar-refractivity contribution in [2.24, 2.45) is 5.92 Å². The van der Waals surface area contributed by atoms with E-state index < -0.39 is 0 Å². The number of anilines is 1. The summed E-state index contributed by atoms with van der Waals surface area (Å²) in [5.74, 6) is 0.0473. The van der Waals surface area contributed by atoms with Crippen molar-refractivity contribution in [2.75, 3.05) is 5.32 Å². The summed E-state index contributed by atoms with van der Waals surface area (Å²) in [7, 11) is 0. The van der Waals surface area contributed by atoms with Crippen LogP contribution in [-0.2, 0) is 4.79 Å². The van der Waals surface area contributed by atoms with Gasteiger partial charge in [0.05, 0.1) is 17.3 Å². The number of hydrogen-bond acceptors (Lipinski definition) is 3. The van der Waals surface area contributed by atoms with Crippen molar-refractivity contribution >= 4 is 17.5 Å². The maximum atomic E-state index is 13.3. The topological polar surface area (TPSA) is 76.0 Å². The Morgan fingerprint density at radius 2 is 1.56 bits per heavy atom. The molecule has 2 amide bonds. The van der Waals surface area contributed by atoms with Crippen LogP contribution in [0.4, 0.5) is 5.69 Å². The number of carbonyl (C=O) groups is 2. The maximum Gasteiger partial charge on any atom is 0.255 e. The van der Waals surface area contributed by atoms with Crippen LogP contribution in [0.15, 0.2) is 91.1 Å². The highest BCUT2D eigenvalue weighted by atomic mass is 16.2. The Balaban J connectivity index is 1.36. The van der Waals surface area contributed by atoms with Gasteiger partial charge in [-0.15, -0.1) is 0 Å². The molecule has 1 heterocycles. The van der Waals surface area contributed by atoms with Crippen molar-refractivity contribution in [3.05, 3.63) is 102 Å². The first-order valence-electron chi connectivity index (χ1n) is 11.5. The lowest BCUT2D eigenvalue weighted by Gasteiger charge is -2.15. The summed E-state index contributed by atoms with van der Waals surface area (Å²) in [6.07, 6.45) is 3.72. The minimum Gasteiger partial charge on any atom is -0.345 e. The van der Waals surface area contributed by atoms with Gasteiger partial charge in [0.15, 0.2) is 0 Å². The van der Waals surface area contributed by atoms with Gasteiger partial charge in [0.1, 0.15) is 5.69 Å². The van der Waals surface area contributed by atoms with Crippen molar-refractivity contribution in [3.8, 4) is 16.9 Å². The van der Waals surface area contributed by atoms with Crippen molar-refractivity contribution in [3.63, 3.8) is 0 Å². The molecule has 0 saturated heterocycles. The first kappa shape index (κ1) is 21.6. The highest BCUT2D eigenvalue weighted by molar-refractivity contribution is 6.00. The van der Waals surface area contributed by atoms with E-state index in [2.05, 4.69) is 10.6 Å². The molecule has 1 aliphatic carbocycles. The highest BCUT2D eigenvalue weighted by Gasteiger charge is 2.29. The second-order valence-corrected chi connectivity index (χ2v) is 8.62. The number of nitrogens with zero attached hydrogens (tertiary/aromatic N) is 2. The Hall–Kier alpha value is -4.19. The quantitative estimate of drug-likeness (QED) is 0.397. The summed E-state index contributed by atoms with van der Waals surface area (Å²) in [6.45, 7) is 1.94. The number of hydrogen-bond donors (Lipinski definition) is 2. The lowest BCUT2D eigenvalue weighted by molar-refractivity contribution is -0.117. The number of para-hydroxylation sites is 1. The molecule has 0 bridgehead atoms. The first-order chi connectivity index (χ1) is 16.6. The predicted octanol–water partition coefficient (Wildman–Crippen LogP) is 5.38. The first-order valence-corrected chi connectivity index (χ1v) is 11.5. The average Bonchev–Trinajstić information content (AvgIpc) is 3.63. The van der Waals surface area contributed by atoms with Crippen LogP contribution in [0.25, 0.3) is 16.9 Å². The van der Waals surface area contributed by atoms with E-state index in [1.807, 2.05) is 91.9 Å². The molecule has 0 radical (unpaired) electrons. The maximum absolute atomic E-state index is 13.3. The molecule has 3 aromatic carbocycles. The van der Waals surface area contributed by atoms with Gasteiger partial charge < -0.3 is 10.6 Å². The van der Waals surface area contributed by atoms with Gasteiger partial charge in [-0.3, -0.25) is 9.59 Å². The van der Waals surface area contributed by atoms with E-state index in [4.69, 9.17) is 5.10 Å². The highest BCUT2D eigenvalue weighted by Crippen LogP contribution is 2.30. The molecular weight excluding hydrogens is 424 g/mol. The van der Waals surface area contributed by atoms with Crippen LogP contribution in [0.3, 0.4) is 0 Å². The molecule has 170 valence electrons. The monoisotopic (exact) mass is 450 g/mol. The number of amides is 2. The second-order valence-electron chi connectivity index (χ2n) is 8.62. The molecule has 1 atom stereocenters. The van der Waals surface area contributed by atoms with Crippen LogP contribution in [-0.4, -0.2) is 21.6 Å². The zero-order valence-electron chi connectivity index (χ0n) is 18.9. The summed E-state index contributed by atoms with van der Waals surface area (Å²) < 4.78 is 1.74. The molecule has 6 heteroatoms. The molecule has 1 aliphatic rings. The lowest BCUT2D eigenvalue weighted by Crippen LogP contribution is -2.26. The zero-order valence-corrected chi connectivity index (χ0v) is 18.9. The van der Waals surface area contributed by atoms with Crippen molar-refractivity contribution in [1.82, 2.24) is 15.1 Å². The van der Waals surface area contributed by atoms with E-state index in [0.717, 1.165) is 35.3 Å². The van der Waals surface area contributed by atoms with Crippen molar-refractivity contribution < 1.29 is 9.59 Å². The number of aromatic nitrogens is 2. The van der Waals surface area contributed by atoms with Crippen LogP contribution in [0.5, 0.6) is 0 Å². The Labute approximate surface area is 198 Å². The summed E-state index contributed by atoms with van der Waals surface area (Å²) in [6, 6.07) is 26.8. The predicted molar refractivity (Wildman–Crippen MR) is 133 cm³/mol. The van der Waals surface area contributed by atoms with Crippen LogP contribution in [0, 0.1) is 5.92 Å². The van der Waals surface area contributed by atoms with Crippen LogP contribution in [0.2, 0.25) is 0 Å². The van der Waals surface area contributed by atoms with Crippen LogP contribution in [0.1, 0.15) is 41.7 Å². The van der Waals surface area contributed by atoms with Gasteiger partial charge in [0.25, 0.3) is 5.91 Å². The van der Waals surface area contributed by atoms with Gasteiger partial charge in [0.2, 0.25) is 5.91 Å². The Bertz CT molecular complexity index is 1290. The van der Waals surface area contributed by atoms with Crippen LogP contribution >= 0.6 is 0 Å². The fourth-order valence-corrected chi connectivity index (χ4v) is 3.87. The molecule has 6 nitrogen and oxygen atoms in total. The zero-order chi connectivity index (χ0) is 23.5. The van der Waals surface area contributed by atoms with Gasteiger partial charge in [-0.1, -0.05) is 60.7 Å². The normalized spacial score (nSPS) is 13.8. The van der Waals surface area contributed by atoms with Crippen molar-refractivity contribution in [2.45, 2.75) is 25.8 Å². The molecule has 1 saturated carbocycles. The number of rotatable bonds is 7. The van der Waals surface area contributed by atoms with Gasteiger partial charge in [-0.2, -0.15) is 5.10 Å². The second kappa shape index (κ2) is 9.35. The van der Waals surface area contributed by atoms with E-state index in [-0.39, 0.29) is 23.8 Å². The van der Waals surface area contributed by atoms with E-state index >= 15 is 0 Å². The molecule has 1 fully saturated rings. The van der Waals surface area contributed by atoms with Gasteiger partial charge in [0, 0.05) is 23.4 Å². The molecule has 0 spiro atoms. The Kier molecular flexibility index (Phi) is 5.95. The molecule has 34 heavy (non-hydrogen) atoms. The van der Waals surface area contributed by atoms with Crippen LogP contribution < -0.4 is 10.6 Å². The summed E-state index contributed by atoms with van der Waals surface area (Å²) in [5, 5.41) is 10.8. The third-order valence-electron chi connectivity index (χ3n) is 6.00. The van der Waals surface area contributed by atoms with Gasteiger partial charge >= 0.3 is 0 Å². The molecule has 0 aliphatic heterocycles. The Morgan fingerprint density at radius 3 is 2.21 bits per heavy atom. The number of benzene rings is 3. The SMILES string of the molecule is CC(NC(=O)c1cn(-c2ccccc2)nc1-c1ccccc1)c1ccc(NC(=O)C2CC2)cc1. The van der Waals surface area contributed by atoms with E-state index in [9.17, 15) is 9.59 Å². The Morgan fingerprint density at radius 1 is 0.912 bits per heavy atom.